The summed E-state index contributed by atoms with van der Waals surface area (Å²) in [7, 11) is 0. The van der Waals surface area contributed by atoms with Gasteiger partial charge in [0, 0.05) is 0 Å². The molecule has 0 heterocycles. The van der Waals surface area contributed by atoms with E-state index in [1.807, 2.05) is 0 Å². The molecule has 0 aromatic heterocycles. The first-order chi connectivity index (χ1) is 8.91. The van der Waals surface area contributed by atoms with Gasteiger partial charge in [0.25, 0.3) is 0 Å². The zero-order valence-corrected chi connectivity index (χ0v) is 13.1. The molecule has 0 aliphatic heterocycles. The summed E-state index contributed by atoms with van der Waals surface area (Å²) in [4.78, 5) is 0. The van der Waals surface area contributed by atoms with E-state index in [0.29, 0.717) is 0 Å². The van der Waals surface area contributed by atoms with Crippen LogP contribution in [0.3, 0.4) is 0 Å². The summed E-state index contributed by atoms with van der Waals surface area (Å²) in [6.07, 6.45) is 24.4. The van der Waals surface area contributed by atoms with Crippen LogP contribution in [-0.4, -0.2) is 0 Å². The molecule has 108 valence electrons. The summed E-state index contributed by atoms with van der Waals surface area (Å²) in [6.45, 7) is 4.56. The van der Waals surface area contributed by atoms with Crippen LogP contribution in [0.1, 0.15) is 104 Å². The molecule has 0 saturated carbocycles. The van der Waals surface area contributed by atoms with Gasteiger partial charge in [-0.3, -0.25) is 0 Å². The molecule has 0 nitrogen and oxygen atoms in total. The number of rotatable bonds is 14. The summed E-state index contributed by atoms with van der Waals surface area (Å²) in [5, 5.41) is 0. The van der Waals surface area contributed by atoms with Crippen molar-refractivity contribution in [1.29, 1.82) is 0 Å². The van der Waals surface area contributed by atoms with E-state index in [9.17, 15) is 0 Å². The highest BCUT2D eigenvalue weighted by Gasteiger charge is 1.91. The topological polar surface area (TPSA) is 0 Å². The fourth-order valence-corrected chi connectivity index (χ4v) is 2.32. The lowest BCUT2D eigenvalue weighted by Crippen LogP contribution is -1.80. The van der Waals surface area contributed by atoms with Crippen molar-refractivity contribution in [3.63, 3.8) is 0 Å². The monoisotopic (exact) mass is 252 g/mol. The summed E-state index contributed by atoms with van der Waals surface area (Å²) in [5.74, 6) is 0. The highest BCUT2D eigenvalue weighted by molar-refractivity contribution is 4.81. The second kappa shape index (κ2) is 16.7. The van der Waals surface area contributed by atoms with Crippen molar-refractivity contribution in [1.82, 2.24) is 0 Å². The molecule has 0 aliphatic carbocycles. The van der Waals surface area contributed by atoms with E-state index in [0.717, 1.165) is 0 Å². The SMILES string of the molecule is CCCCC/C=C/CCCCCCCCCCC. The molecule has 0 unspecified atom stereocenters. The lowest BCUT2D eigenvalue weighted by Gasteiger charge is -2.00. The average Bonchev–Trinajstić information content (AvgIpc) is 2.39. The predicted octanol–water partition coefficient (Wildman–Crippen LogP) is 7.04. The highest BCUT2D eigenvalue weighted by atomic mass is 14.0. The van der Waals surface area contributed by atoms with Gasteiger partial charge in [-0.05, 0) is 25.7 Å². The number of hydrogen-bond donors (Lipinski definition) is 0. The van der Waals surface area contributed by atoms with E-state index >= 15 is 0 Å². The van der Waals surface area contributed by atoms with Crippen LogP contribution in [0.25, 0.3) is 0 Å². The first-order valence-corrected chi connectivity index (χ1v) is 8.56. The Morgan fingerprint density at radius 2 is 0.778 bits per heavy atom. The quantitative estimate of drug-likeness (QED) is 0.230. The van der Waals surface area contributed by atoms with Crippen molar-refractivity contribution in [2.45, 2.75) is 104 Å². The second-order valence-corrected chi connectivity index (χ2v) is 5.58. The van der Waals surface area contributed by atoms with Crippen LogP contribution in [0, 0.1) is 0 Å². The first kappa shape index (κ1) is 17.7. The largest absolute Gasteiger partial charge is 0.0885 e. The summed E-state index contributed by atoms with van der Waals surface area (Å²) in [6, 6.07) is 0. The fraction of sp³-hybridized carbons (Fsp3) is 0.889. The van der Waals surface area contributed by atoms with Crippen molar-refractivity contribution in [2.24, 2.45) is 0 Å². The summed E-state index contributed by atoms with van der Waals surface area (Å²) in [5.41, 5.74) is 0. The lowest BCUT2D eigenvalue weighted by atomic mass is 10.1. The summed E-state index contributed by atoms with van der Waals surface area (Å²) < 4.78 is 0. The van der Waals surface area contributed by atoms with Gasteiger partial charge in [0.15, 0.2) is 0 Å². The summed E-state index contributed by atoms with van der Waals surface area (Å²) >= 11 is 0. The molecule has 0 saturated heterocycles. The van der Waals surface area contributed by atoms with E-state index in [1.54, 1.807) is 0 Å². The predicted molar refractivity (Wildman–Crippen MR) is 85.1 cm³/mol. The minimum Gasteiger partial charge on any atom is -0.0885 e. The molecular weight excluding hydrogens is 216 g/mol. The molecule has 0 fully saturated rings. The van der Waals surface area contributed by atoms with Gasteiger partial charge < -0.3 is 0 Å². The van der Waals surface area contributed by atoms with Crippen LogP contribution < -0.4 is 0 Å². The zero-order chi connectivity index (χ0) is 13.3. The van der Waals surface area contributed by atoms with Crippen LogP contribution in [0.2, 0.25) is 0 Å². The number of unbranched alkanes of at least 4 members (excludes halogenated alkanes) is 12. The molecule has 0 atom stereocenters. The Morgan fingerprint density at radius 1 is 0.444 bits per heavy atom. The molecule has 0 aromatic rings. The van der Waals surface area contributed by atoms with Crippen molar-refractivity contribution >= 4 is 0 Å². The number of allylic oxidation sites excluding steroid dienone is 2. The maximum absolute atomic E-state index is 2.40. The van der Waals surface area contributed by atoms with Crippen molar-refractivity contribution in [2.75, 3.05) is 0 Å². The standard InChI is InChI=1S/C18H36/c1-3-5-7-9-11-13-15-17-18-16-14-12-10-8-6-4-2/h11,13H,3-10,12,14-18H2,1-2H3/b13-11+. The van der Waals surface area contributed by atoms with Crippen LogP contribution in [0.15, 0.2) is 12.2 Å². The molecule has 18 heavy (non-hydrogen) atoms. The molecular formula is C18H36. The Balaban J connectivity index is 2.98. The Hall–Kier alpha value is -0.260. The second-order valence-electron chi connectivity index (χ2n) is 5.58. The van der Waals surface area contributed by atoms with Gasteiger partial charge in [-0.1, -0.05) is 90.2 Å². The molecule has 0 amide bonds. The van der Waals surface area contributed by atoms with Gasteiger partial charge in [0.05, 0.1) is 0 Å². The molecule has 0 heteroatoms. The highest BCUT2D eigenvalue weighted by Crippen LogP contribution is 2.10. The van der Waals surface area contributed by atoms with Gasteiger partial charge in [-0.25, -0.2) is 0 Å². The van der Waals surface area contributed by atoms with Crippen molar-refractivity contribution in [3.05, 3.63) is 12.2 Å². The van der Waals surface area contributed by atoms with Crippen LogP contribution in [0.4, 0.5) is 0 Å². The van der Waals surface area contributed by atoms with Gasteiger partial charge >= 0.3 is 0 Å². The van der Waals surface area contributed by atoms with E-state index in [-0.39, 0.29) is 0 Å². The zero-order valence-electron chi connectivity index (χ0n) is 13.1. The molecule has 0 aromatic carbocycles. The van der Waals surface area contributed by atoms with Crippen molar-refractivity contribution < 1.29 is 0 Å². The van der Waals surface area contributed by atoms with Gasteiger partial charge in [0.1, 0.15) is 0 Å². The smallest absolute Gasteiger partial charge is 0.0351 e. The van der Waals surface area contributed by atoms with E-state index in [1.165, 1.54) is 89.9 Å². The van der Waals surface area contributed by atoms with Crippen LogP contribution in [0.5, 0.6) is 0 Å². The van der Waals surface area contributed by atoms with E-state index in [4.69, 9.17) is 0 Å². The molecule has 0 rings (SSSR count). The number of hydrogen-bond acceptors (Lipinski definition) is 0. The molecule has 0 bridgehead atoms. The Labute approximate surface area is 116 Å². The average molecular weight is 252 g/mol. The molecule has 0 aliphatic rings. The molecule has 0 spiro atoms. The van der Waals surface area contributed by atoms with Crippen LogP contribution >= 0.6 is 0 Å². The minimum absolute atomic E-state index is 1.30. The van der Waals surface area contributed by atoms with Gasteiger partial charge in [-0.2, -0.15) is 0 Å². The Bertz CT molecular complexity index is 157. The molecule has 0 N–H and O–H groups in total. The van der Waals surface area contributed by atoms with Gasteiger partial charge in [0.2, 0.25) is 0 Å². The van der Waals surface area contributed by atoms with E-state index < -0.39 is 0 Å². The first-order valence-electron chi connectivity index (χ1n) is 8.56. The maximum atomic E-state index is 2.40. The third-order valence-corrected chi connectivity index (χ3v) is 3.62. The van der Waals surface area contributed by atoms with Crippen LogP contribution in [-0.2, 0) is 0 Å². The fourth-order valence-electron chi connectivity index (χ4n) is 2.32. The normalized spacial score (nSPS) is 11.4. The third kappa shape index (κ3) is 15.7. The lowest BCUT2D eigenvalue weighted by molar-refractivity contribution is 0.566. The van der Waals surface area contributed by atoms with Crippen molar-refractivity contribution in [3.8, 4) is 0 Å². The Kier molecular flexibility index (Phi) is 16.5. The third-order valence-electron chi connectivity index (χ3n) is 3.62. The maximum Gasteiger partial charge on any atom is -0.0351 e. The Morgan fingerprint density at radius 3 is 1.28 bits per heavy atom. The van der Waals surface area contributed by atoms with Gasteiger partial charge in [-0.15, -0.1) is 0 Å². The van der Waals surface area contributed by atoms with E-state index in [2.05, 4.69) is 26.0 Å². The molecule has 0 radical (unpaired) electrons. The minimum atomic E-state index is 1.30.